The van der Waals surface area contributed by atoms with Crippen molar-refractivity contribution in [2.75, 3.05) is 0 Å². The average Bonchev–Trinajstić information content (AvgIpc) is 2.70. The van der Waals surface area contributed by atoms with E-state index in [4.69, 9.17) is 32.4 Å². The summed E-state index contributed by atoms with van der Waals surface area (Å²) in [6.45, 7) is 0.166. The van der Waals surface area contributed by atoms with Crippen LogP contribution in [0.4, 0.5) is 0 Å². The summed E-state index contributed by atoms with van der Waals surface area (Å²) in [6, 6.07) is 21.8. The highest BCUT2D eigenvalue weighted by molar-refractivity contribution is 6.42. The summed E-state index contributed by atoms with van der Waals surface area (Å²) in [7, 11) is 0. The van der Waals surface area contributed by atoms with Crippen LogP contribution in [0.15, 0.2) is 82.0 Å². The van der Waals surface area contributed by atoms with Gasteiger partial charge >= 0.3 is 0 Å². The number of rotatable bonds is 4. The molecule has 27 heavy (non-hydrogen) atoms. The van der Waals surface area contributed by atoms with Crippen LogP contribution in [-0.4, -0.2) is 0 Å². The monoisotopic (exact) mass is 396 g/mol. The molecule has 3 nitrogen and oxygen atoms in total. The second-order valence-electron chi connectivity index (χ2n) is 5.99. The lowest BCUT2D eigenvalue weighted by atomic mass is 10.1. The minimum atomic E-state index is -0.212. The van der Waals surface area contributed by atoms with Gasteiger partial charge in [0.1, 0.15) is 12.2 Å². The van der Waals surface area contributed by atoms with Crippen LogP contribution in [0.2, 0.25) is 10.0 Å². The Morgan fingerprint density at radius 3 is 2.37 bits per heavy atom. The summed E-state index contributed by atoms with van der Waals surface area (Å²) >= 11 is 12.0. The summed E-state index contributed by atoms with van der Waals surface area (Å²) in [5.74, 6) is 0.574. The molecule has 0 amide bonds. The molecule has 1 aromatic heterocycles. The molecule has 3 aromatic carbocycles. The van der Waals surface area contributed by atoms with Gasteiger partial charge in [0, 0.05) is 5.56 Å². The first-order valence-electron chi connectivity index (χ1n) is 8.31. The zero-order valence-electron chi connectivity index (χ0n) is 14.1. The Hall–Kier alpha value is -2.75. The van der Waals surface area contributed by atoms with Crippen LogP contribution >= 0.6 is 23.2 Å². The summed E-state index contributed by atoms with van der Waals surface area (Å²) < 4.78 is 11.9. The summed E-state index contributed by atoms with van der Waals surface area (Å²) in [4.78, 5) is 13.0. The molecule has 0 unspecified atom stereocenters. The van der Waals surface area contributed by atoms with Gasteiger partial charge in [-0.2, -0.15) is 0 Å². The Morgan fingerprint density at radius 2 is 1.59 bits per heavy atom. The topological polar surface area (TPSA) is 39.4 Å². The van der Waals surface area contributed by atoms with Gasteiger partial charge in [-0.1, -0.05) is 71.7 Å². The number of hydrogen-bond donors (Lipinski definition) is 0. The van der Waals surface area contributed by atoms with Crippen LogP contribution < -0.4 is 10.2 Å². The Balaban J connectivity index is 1.81. The van der Waals surface area contributed by atoms with Gasteiger partial charge in [-0.05, 0) is 29.8 Å². The molecule has 0 aliphatic carbocycles. The normalized spacial score (nSPS) is 10.9. The van der Waals surface area contributed by atoms with E-state index >= 15 is 0 Å². The Kier molecular flexibility index (Phi) is 4.88. The van der Waals surface area contributed by atoms with Crippen molar-refractivity contribution in [2.45, 2.75) is 6.61 Å². The van der Waals surface area contributed by atoms with Crippen molar-refractivity contribution in [3.63, 3.8) is 0 Å². The largest absolute Gasteiger partial charge is 0.481 e. The maximum atomic E-state index is 13.0. The molecule has 5 heteroatoms. The fraction of sp³-hybridized carbons (Fsp3) is 0.0455. The quantitative estimate of drug-likeness (QED) is 0.403. The molecule has 1 heterocycles. The number of ether oxygens (including phenoxy) is 1. The van der Waals surface area contributed by atoms with E-state index in [0.29, 0.717) is 26.8 Å². The number of para-hydroxylation sites is 1. The van der Waals surface area contributed by atoms with E-state index in [1.54, 1.807) is 36.4 Å². The van der Waals surface area contributed by atoms with E-state index in [-0.39, 0.29) is 17.8 Å². The maximum absolute atomic E-state index is 13.0. The van der Waals surface area contributed by atoms with Crippen molar-refractivity contribution < 1.29 is 9.15 Å². The number of hydrogen-bond acceptors (Lipinski definition) is 3. The molecule has 0 fully saturated rings. The molecule has 0 saturated heterocycles. The second kappa shape index (κ2) is 7.47. The first kappa shape index (κ1) is 17.7. The fourth-order valence-corrected chi connectivity index (χ4v) is 3.14. The van der Waals surface area contributed by atoms with Crippen LogP contribution in [0, 0.1) is 0 Å². The van der Waals surface area contributed by atoms with E-state index < -0.39 is 0 Å². The van der Waals surface area contributed by atoms with Gasteiger partial charge in [0.05, 0.1) is 15.4 Å². The molecule has 0 N–H and O–H groups in total. The van der Waals surface area contributed by atoms with Crippen LogP contribution in [0.3, 0.4) is 0 Å². The minimum Gasteiger partial charge on any atom is -0.481 e. The molecule has 0 saturated carbocycles. The summed E-state index contributed by atoms with van der Waals surface area (Å²) in [6.07, 6.45) is 0. The molecule has 4 rings (SSSR count). The van der Waals surface area contributed by atoms with Crippen molar-refractivity contribution in [1.29, 1.82) is 0 Å². The van der Waals surface area contributed by atoms with Gasteiger partial charge < -0.3 is 9.15 Å². The number of fused-ring (bicyclic) bond motifs is 1. The van der Waals surface area contributed by atoms with Crippen LogP contribution in [0.25, 0.3) is 22.3 Å². The molecule has 4 aromatic rings. The zero-order chi connectivity index (χ0) is 18.8. The molecule has 0 atom stereocenters. The standard InChI is InChI=1S/C22H14Cl2O3/c23-17-11-10-14(12-18(17)24)13-26-22-20(25)16-8-4-5-9-19(16)27-21(22)15-6-2-1-3-7-15/h1-12H,13H2. The fourth-order valence-electron chi connectivity index (χ4n) is 2.82. The first-order chi connectivity index (χ1) is 13.1. The van der Waals surface area contributed by atoms with Crippen LogP contribution in [-0.2, 0) is 6.61 Å². The third-order valence-corrected chi connectivity index (χ3v) is 4.90. The van der Waals surface area contributed by atoms with Gasteiger partial charge in [-0.3, -0.25) is 4.79 Å². The molecule has 0 bridgehead atoms. The van der Waals surface area contributed by atoms with Crippen LogP contribution in [0.5, 0.6) is 5.75 Å². The predicted molar refractivity (Wildman–Crippen MR) is 109 cm³/mol. The predicted octanol–water partition coefficient (Wildman–Crippen LogP) is 6.35. The lowest BCUT2D eigenvalue weighted by Gasteiger charge is -2.12. The lowest BCUT2D eigenvalue weighted by molar-refractivity contribution is 0.298. The Bertz CT molecular complexity index is 1170. The molecular formula is C22H14Cl2O3. The van der Waals surface area contributed by atoms with E-state index in [1.807, 2.05) is 36.4 Å². The van der Waals surface area contributed by atoms with E-state index in [0.717, 1.165) is 11.1 Å². The summed E-state index contributed by atoms with van der Waals surface area (Å²) in [5.41, 5.74) is 1.87. The minimum absolute atomic E-state index is 0.166. The van der Waals surface area contributed by atoms with E-state index in [9.17, 15) is 4.79 Å². The number of halogens is 2. The zero-order valence-corrected chi connectivity index (χ0v) is 15.6. The highest BCUT2D eigenvalue weighted by Crippen LogP contribution is 2.31. The van der Waals surface area contributed by atoms with Crippen molar-refractivity contribution in [3.05, 3.63) is 98.6 Å². The van der Waals surface area contributed by atoms with Crippen molar-refractivity contribution >= 4 is 34.2 Å². The highest BCUT2D eigenvalue weighted by atomic mass is 35.5. The molecule has 0 radical (unpaired) electrons. The third kappa shape index (κ3) is 3.57. The van der Waals surface area contributed by atoms with Crippen molar-refractivity contribution in [2.24, 2.45) is 0 Å². The molecule has 0 aliphatic rings. The van der Waals surface area contributed by atoms with Gasteiger partial charge in [0.2, 0.25) is 11.2 Å². The molecule has 0 spiro atoms. The van der Waals surface area contributed by atoms with Gasteiger partial charge in [-0.25, -0.2) is 0 Å². The van der Waals surface area contributed by atoms with E-state index in [1.165, 1.54) is 0 Å². The molecule has 134 valence electrons. The Labute approximate surface area is 165 Å². The van der Waals surface area contributed by atoms with Crippen LogP contribution in [0.1, 0.15) is 5.56 Å². The Morgan fingerprint density at radius 1 is 0.852 bits per heavy atom. The molecular weight excluding hydrogens is 383 g/mol. The highest BCUT2D eigenvalue weighted by Gasteiger charge is 2.17. The van der Waals surface area contributed by atoms with Gasteiger partial charge in [0.15, 0.2) is 5.76 Å². The van der Waals surface area contributed by atoms with Gasteiger partial charge in [0.25, 0.3) is 0 Å². The van der Waals surface area contributed by atoms with E-state index in [2.05, 4.69) is 0 Å². The SMILES string of the molecule is O=c1c(OCc2ccc(Cl)c(Cl)c2)c(-c2ccccc2)oc2ccccc12. The third-order valence-electron chi connectivity index (χ3n) is 4.16. The maximum Gasteiger partial charge on any atom is 0.235 e. The molecule has 0 aliphatic heterocycles. The first-order valence-corrected chi connectivity index (χ1v) is 9.07. The summed E-state index contributed by atoms with van der Waals surface area (Å²) in [5, 5.41) is 1.38. The second-order valence-corrected chi connectivity index (χ2v) is 6.80. The van der Waals surface area contributed by atoms with Gasteiger partial charge in [-0.15, -0.1) is 0 Å². The smallest absolute Gasteiger partial charge is 0.235 e. The van der Waals surface area contributed by atoms with Crippen molar-refractivity contribution in [1.82, 2.24) is 0 Å². The average molecular weight is 397 g/mol. The van der Waals surface area contributed by atoms with Crippen molar-refractivity contribution in [3.8, 4) is 17.1 Å². The lowest BCUT2D eigenvalue weighted by Crippen LogP contribution is -2.10. The number of benzene rings is 3.